The molecule has 1 aliphatic rings. The van der Waals surface area contributed by atoms with Gasteiger partial charge in [-0.15, -0.1) is 5.10 Å². The van der Waals surface area contributed by atoms with Gasteiger partial charge in [-0.2, -0.15) is 0 Å². The first kappa shape index (κ1) is 18.3. The molecule has 1 amide bonds. The lowest BCUT2D eigenvalue weighted by atomic mass is 10.00. The Morgan fingerprint density at radius 1 is 1.29 bits per heavy atom. The average Bonchev–Trinajstić information content (AvgIpc) is 3.36. The molecule has 0 radical (unpaired) electrons. The summed E-state index contributed by atoms with van der Waals surface area (Å²) in [6, 6.07) is 10.3. The first-order chi connectivity index (χ1) is 13.7. The van der Waals surface area contributed by atoms with Gasteiger partial charge in [0.05, 0.1) is 18.8 Å². The largest absolute Gasteiger partial charge is 0.359 e. The van der Waals surface area contributed by atoms with Crippen molar-refractivity contribution in [1.29, 1.82) is 0 Å². The number of rotatable bonds is 7. The first-order valence-corrected chi connectivity index (χ1v) is 9.46. The Morgan fingerprint density at radius 2 is 2.14 bits per heavy atom. The molecule has 3 aromatic rings. The molecule has 9 nitrogen and oxygen atoms in total. The van der Waals surface area contributed by atoms with Gasteiger partial charge in [0, 0.05) is 19.2 Å². The standard InChI is InChI=1S/C19H23N7O2/c1-2-16-9-17(28-22-16)10-20-19(27)13-26-18(21-23-24-26)12-25-8-7-14-5-3-4-6-15(14)11-25/h3-6,9H,2,7-8,10-13H2,1H3,(H,20,27). The molecule has 0 saturated heterocycles. The summed E-state index contributed by atoms with van der Waals surface area (Å²) < 4.78 is 6.72. The van der Waals surface area contributed by atoms with Crippen LogP contribution in [0.25, 0.3) is 0 Å². The van der Waals surface area contributed by atoms with Crippen molar-refractivity contribution < 1.29 is 9.32 Å². The Morgan fingerprint density at radius 3 is 2.96 bits per heavy atom. The lowest BCUT2D eigenvalue weighted by Gasteiger charge is -2.28. The molecule has 0 saturated carbocycles. The Balaban J connectivity index is 1.32. The van der Waals surface area contributed by atoms with Gasteiger partial charge in [0.15, 0.2) is 11.6 Å². The number of nitrogens with one attached hydrogen (secondary N) is 1. The highest BCUT2D eigenvalue weighted by atomic mass is 16.5. The van der Waals surface area contributed by atoms with Gasteiger partial charge in [-0.05, 0) is 34.4 Å². The second-order valence-corrected chi connectivity index (χ2v) is 6.90. The van der Waals surface area contributed by atoms with E-state index in [-0.39, 0.29) is 12.5 Å². The Hall–Kier alpha value is -3.07. The lowest BCUT2D eigenvalue weighted by Crippen LogP contribution is -2.33. The van der Waals surface area contributed by atoms with Crippen LogP contribution < -0.4 is 5.32 Å². The number of fused-ring (bicyclic) bond motifs is 1. The number of amides is 1. The molecule has 0 fully saturated rings. The zero-order valence-electron chi connectivity index (χ0n) is 15.8. The highest BCUT2D eigenvalue weighted by Crippen LogP contribution is 2.19. The summed E-state index contributed by atoms with van der Waals surface area (Å²) >= 11 is 0. The van der Waals surface area contributed by atoms with E-state index >= 15 is 0 Å². The molecular formula is C19H23N7O2. The fraction of sp³-hybridized carbons (Fsp3) is 0.421. The van der Waals surface area contributed by atoms with Crippen LogP contribution in [0.5, 0.6) is 0 Å². The van der Waals surface area contributed by atoms with Gasteiger partial charge in [0.25, 0.3) is 0 Å². The van der Waals surface area contributed by atoms with Crippen molar-refractivity contribution in [2.24, 2.45) is 0 Å². The Bertz CT molecular complexity index is 949. The molecule has 1 N–H and O–H groups in total. The van der Waals surface area contributed by atoms with Crippen LogP contribution in [0.3, 0.4) is 0 Å². The smallest absolute Gasteiger partial charge is 0.242 e. The fourth-order valence-electron chi connectivity index (χ4n) is 3.33. The molecular weight excluding hydrogens is 358 g/mol. The fourth-order valence-corrected chi connectivity index (χ4v) is 3.33. The molecule has 28 heavy (non-hydrogen) atoms. The van der Waals surface area contributed by atoms with E-state index in [1.54, 1.807) is 4.68 Å². The van der Waals surface area contributed by atoms with Crippen LogP contribution in [0.2, 0.25) is 0 Å². The minimum Gasteiger partial charge on any atom is -0.359 e. The van der Waals surface area contributed by atoms with E-state index in [2.05, 4.69) is 55.2 Å². The molecule has 0 atom stereocenters. The average molecular weight is 381 g/mol. The van der Waals surface area contributed by atoms with Crippen molar-refractivity contribution in [3.8, 4) is 0 Å². The van der Waals surface area contributed by atoms with Crippen molar-refractivity contribution >= 4 is 5.91 Å². The van der Waals surface area contributed by atoms with Crippen molar-refractivity contribution in [1.82, 2.24) is 35.6 Å². The number of tetrazole rings is 1. The second kappa shape index (κ2) is 8.30. The third-order valence-corrected chi connectivity index (χ3v) is 4.90. The van der Waals surface area contributed by atoms with Crippen molar-refractivity contribution in [3.63, 3.8) is 0 Å². The number of carbonyl (C=O) groups excluding carboxylic acids is 1. The maximum Gasteiger partial charge on any atom is 0.242 e. The molecule has 9 heteroatoms. The number of carbonyl (C=O) groups is 1. The van der Waals surface area contributed by atoms with Gasteiger partial charge in [0.2, 0.25) is 5.91 Å². The summed E-state index contributed by atoms with van der Waals surface area (Å²) in [7, 11) is 0. The number of benzene rings is 1. The molecule has 3 heterocycles. The van der Waals surface area contributed by atoms with E-state index in [4.69, 9.17) is 4.52 Å². The molecule has 1 aromatic carbocycles. The maximum absolute atomic E-state index is 12.3. The van der Waals surface area contributed by atoms with Gasteiger partial charge < -0.3 is 9.84 Å². The molecule has 0 spiro atoms. The van der Waals surface area contributed by atoms with Crippen LogP contribution in [0.15, 0.2) is 34.9 Å². The van der Waals surface area contributed by atoms with Crippen LogP contribution in [-0.4, -0.2) is 42.7 Å². The van der Waals surface area contributed by atoms with Crippen LogP contribution >= 0.6 is 0 Å². The van der Waals surface area contributed by atoms with E-state index in [9.17, 15) is 4.79 Å². The van der Waals surface area contributed by atoms with Gasteiger partial charge in [0.1, 0.15) is 6.54 Å². The minimum absolute atomic E-state index is 0.0710. The zero-order valence-corrected chi connectivity index (χ0v) is 15.8. The van der Waals surface area contributed by atoms with E-state index < -0.39 is 0 Å². The van der Waals surface area contributed by atoms with Crippen LogP contribution in [-0.2, 0) is 43.8 Å². The molecule has 0 aliphatic carbocycles. The van der Waals surface area contributed by atoms with E-state index in [0.29, 0.717) is 24.7 Å². The Kier molecular flexibility index (Phi) is 5.43. The van der Waals surface area contributed by atoms with E-state index in [0.717, 1.165) is 31.6 Å². The molecule has 2 aromatic heterocycles. The normalized spacial score (nSPS) is 14.0. The van der Waals surface area contributed by atoms with Crippen LogP contribution in [0, 0.1) is 0 Å². The number of hydrogen-bond donors (Lipinski definition) is 1. The summed E-state index contributed by atoms with van der Waals surface area (Å²) in [5.41, 5.74) is 3.61. The second-order valence-electron chi connectivity index (χ2n) is 6.90. The number of nitrogens with zero attached hydrogens (tertiary/aromatic N) is 6. The third-order valence-electron chi connectivity index (χ3n) is 4.90. The summed E-state index contributed by atoms with van der Waals surface area (Å²) in [6.07, 6.45) is 1.81. The molecule has 146 valence electrons. The van der Waals surface area contributed by atoms with Crippen molar-refractivity contribution in [2.45, 2.75) is 45.9 Å². The Labute approximate surface area is 162 Å². The predicted molar refractivity (Wildman–Crippen MR) is 99.8 cm³/mol. The lowest BCUT2D eigenvalue weighted by molar-refractivity contribution is -0.122. The molecule has 0 unspecified atom stereocenters. The summed E-state index contributed by atoms with van der Waals surface area (Å²) in [5, 5.41) is 18.5. The van der Waals surface area contributed by atoms with Crippen molar-refractivity contribution in [2.75, 3.05) is 6.54 Å². The van der Waals surface area contributed by atoms with Crippen LogP contribution in [0.4, 0.5) is 0 Å². The van der Waals surface area contributed by atoms with Gasteiger partial charge in [-0.25, -0.2) is 4.68 Å². The predicted octanol–water partition coefficient (Wildman–Crippen LogP) is 1.10. The highest BCUT2D eigenvalue weighted by Gasteiger charge is 2.19. The highest BCUT2D eigenvalue weighted by molar-refractivity contribution is 5.75. The van der Waals surface area contributed by atoms with Crippen LogP contribution in [0.1, 0.15) is 35.3 Å². The van der Waals surface area contributed by atoms with Crippen molar-refractivity contribution in [3.05, 3.63) is 58.7 Å². The van der Waals surface area contributed by atoms with Gasteiger partial charge >= 0.3 is 0 Å². The summed E-state index contributed by atoms with van der Waals surface area (Å²) in [4.78, 5) is 14.6. The monoisotopic (exact) mass is 381 g/mol. The SMILES string of the molecule is CCc1cc(CNC(=O)Cn2nnnc2CN2CCc3ccccc3C2)on1. The quantitative estimate of drug-likeness (QED) is 0.654. The topological polar surface area (TPSA) is 102 Å². The molecule has 1 aliphatic heterocycles. The van der Waals surface area contributed by atoms with E-state index in [1.807, 2.05) is 13.0 Å². The van der Waals surface area contributed by atoms with Gasteiger partial charge in [-0.3, -0.25) is 9.69 Å². The third kappa shape index (κ3) is 4.25. The number of hydrogen-bond acceptors (Lipinski definition) is 7. The van der Waals surface area contributed by atoms with E-state index in [1.165, 1.54) is 11.1 Å². The summed E-state index contributed by atoms with van der Waals surface area (Å²) in [5.74, 6) is 1.14. The molecule has 0 bridgehead atoms. The first-order valence-electron chi connectivity index (χ1n) is 9.46. The van der Waals surface area contributed by atoms with Gasteiger partial charge in [-0.1, -0.05) is 36.3 Å². The minimum atomic E-state index is -0.174. The zero-order chi connectivity index (χ0) is 19.3. The maximum atomic E-state index is 12.3. The molecule has 4 rings (SSSR count). The number of aromatic nitrogens is 5. The summed E-state index contributed by atoms with van der Waals surface area (Å²) in [6.45, 7) is 4.78. The number of aryl methyl sites for hydroxylation is 1.